The minimum atomic E-state index is -2.06. The molecule has 0 aliphatic heterocycles. The van der Waals surface area contributed by atoms with Crippen LogP contribution in [0.1, 0.15) is 5.56 Å². The van der Waals surface area contributed by atoms with Crippen LogP contribution in [-0.4, -0.2) is 18.7 Å². The van der Waals surface area contributed by atoms with Crippen molar-refractivity contribution in [1.29, 1.82) is 0 Å². The van der Waals surface area contributed by atoms with E-state index in [9.17, 15) is 8.76 Å². The minimum absolute atomic E-state index is 0.0373. The van der Waals surface area contributed by atoms with Crippen molar-refractivity contribution in [2.24, 2.45) is 0 Å². The molecule has 0 amide bonds. The van der Waals surface area contributed by atoms with E-state index in [4.69, 9.17) is 0 Å². The Morgan fingerprint density at radius 1 is 1.10 bits per heavy atom. The predicted molar refractivity (Wildman–Crippen MR) is 77.6 cm³/mol. The largest absolute Gasteiger partial charge is 0.772 e. The Morgan fingerprint density at radius 2 is 1.90 bits per heavy atom. The molecule has 20 heavy (non-hydrogen) atoms. The molecular weight excluding hydrogens is 272 g/mol. The lowest BCUT2D eigenvalue weighted by atomic mass is 10.0. The van der Waals surface area contributed by atoms with E-state index in [0.717, 1.165) is 27.6 Å². The van der Waals surface area contributed by atoms with E-state index in [1.807, 2.05) is 36.4 Å². The van der Waals surface area contributed by atoms with E-state index in [0.29, 0.717) is 0 Å². The second-order valence-electron chi connectivity index (χ2n) is 4.40. The Bertz CT molecular complexity index is 767. The molecule has 1 unspecified atom stereocenters. The molecule has 0 saturated heterocycles. The molecule has 0 aliphatic carbocycles. The van der Waals surface area contributed by atoms with E-state index in [-0.39, 0.29) is 5.75 Å². The first-order chi connectivity index (χ1) is 9.74. The fraction of sp³-hybridized carbons (Fsp3) is 0.0667. The molecule has 0 spiro atoms. The summed E-state index contributed by atoms with van der Waals surface area (Å²) in [5.74, 6) is 0.0373. The SMILES string of the molecule is O=S([O-])Cc1ccc(-c2cncc3ncccc23)cc1. The maximum atomic E-state index is 10.7. The number of rotatable bonds is 3. The van der Waals surface area contributed by atoms with Crippen LogP contribution in [-0.2, 0) is 16.8 Å². The first-order valence-corrected chi connectivity index (χ1v) is 7.32. The van der Waals surface area contributed by atoms with Gasteiger partial charge in [0.2, 0.25) is 0 Å². The molecule has 0 fully saturated rings. The Labute approximate surface area is 118 Å². The maximum absolute atomic E-state index is 10.7. The van der Waals surface area contributed by atoms with Crippen LogP contribution in [0.3, 0.4) is 0 Å². The summed E-state index contributed by atoms with van der Waals surface area (Å²) in [5, 5.41) is 1.03. The molecule has 3 rings (SSSR count). The quantitative estimate of drug-likeness (QED) is 0.693. The van der Waals surface area contributed by atoms with E-state index < -0.39 is 11.1 Å². The van der Waals surface area contributed by atoms with Gasteiger partial charge in [-0.3, -0.25) is 14.2 Å². The summed E-state index contributed by atoms with van der Waals surface area (Å²) < 4.78 is 21.4. The first kappa shape index (κ1) is 12.9. The summed E-state index contributed by atoms with van der Waals surface area (Å²) in [6.07, 6.45) is 5.26. The van der Waals surface area contributed by atoms with Crippen molar-refractivity contribution in [1.82, 2.24) is 9.97 Å². The fourth-order valence-electron chi connectivity index (χ4n) is 2.15. The lowest BCUT2D eigenvalue weighted by Gasteiger charge is -2.08. The number of fused-ring (bicyclic) bond motifs is 1. The van der Waals surface area contributed by atoms with E-state index in [1.165, 1.54) is 0 Å². The number of hydrogen-bond acceptors (Lipinski definition) is 4. The highest BCUT2D eigenvalue weighted by Crippen LogP contribution is 2.26. The molecule has 5 heteroatoms. The predicted octanol–water partition coefficient (Wildman–Crippen LogP) is 2.68. The van der Waals surface area contributed by atoms with Gasteiger partial charge in [-0.1, -0.05) is 41.4 Å². The van der Waals surface area contributed by atoms with Crippen molar-refractivity contribution in [2.45, 2.75) is 5.75 Å². The van der Waals surface area contributed by atoms with Gasteiger partial charge in [-0.05, 0) is 17.2 Å². The number of aromatic nitrogens is 2. The second-order valence-corrected chi connectivity index (χ2v) is 5.30. The first-order valence-electron chi connectivity index (χ1n) is 6.08. The van der Waals surface area contributed by atoms with E-state index >= 15 is 0 Å². The van der Waals surface area contributed by atoms with E-state index in [1.54, 1.807) is 18.6 Å². The normalized spacial score (nSPS) is 12.4. The highest BCUT2D eigenvalue weighted by molar-refractivity contribution is 7.78. The summed E-state index contributed by atoms with van der Waals surface area (Å²) in [4.78, 5) is 8.48. The van der Waals surface area contributed by atoms with Crippen molar-refractivity contribution in [2.75, 3.05) is 0 Å². The van der Waals surface area contributed by atoms with Crippen molar-refractivity contribution in [3.05, 3.63) is 60.6 Å². The second kappa shape index (κ2) is 5.48. The lowest BCUT2D eigenvalue weighted by Crippen LogP contribution is -1.93. The number of pyridine rings is 2. The number of hydrogen-bond donors (Lipinski definition) is 0. The van der Waals surface area contributed by atoms with Crippen LogP contribution in [0.4, 0.5) is 0 Å². The monoisotopic (exact) mass is 283 g/mol. The molecule has 100 valence electrons. The zero-order valence-corrected chi connectivity index (χ0v) is 11.3. The summed E-state index contributed by atoms with van der Waals surface area (Å²) in [6, 6.07) is 11.3. The van der Waals surface area contributed by atoms with E-state index in [2.05, 4.69) is 9.97 Å². The highest BCUT2D eigenvalue weighted by atomic mass is 32.2. The molecular formula is C15H11N2O2S-. The summed E-state index contributed by atoms with van der Waals surface area (Å²) in [6.45, 7) is 0. The molecule has 0 aliphatic rings. The highest BCUT2D eigenvalue weighted by Gasteiger charge is 2.04. The Balaban J connectivity index is 2.05. The van der Waals surface area contributed by atoms with Crippen LogP contribution in [0, 0.1) is 0 Å². The third-order valence-corrected chi connectivity index (χ3v) is 3.65. The Morgan fingerprint density at radius 3 is 2.65 bits per heavy atom. The smallest absolute Gasteiger partial charge is 0.0891 e. The summed E-state index contributed by atoms with van der Waals surface area (Å²) in [7, 11) is 0. The third kappa shape index (κ3) is 2.59. The van der Waals surface area contributed by atoms with Crippen LogP contribution in [0.25, 0.3) is 22.0 Å². The Kier molecular flexibility index (Phi) is 3.54. The number of benzene rings is 1. The molecule has 4 nitrogen and oxygen atoms in total. The standard InChI is InChI=1S/C15H12N2O2S/c18-20(19)10-11-3-5-12(6-4-11)14-8-16-9-15-13(14)2-1-7-17-15/h1-9H,10H2,(H,18,19)/p-1. The van der Waals surface area contributed by atoms with Gasteiger partial charge in [0.25, 0.3) is 0 Å². The van der Waals surface area contributed by atoms with Gasteiger partial charge < -0.3 is 4.55 Å². The zero-order valence-electron chi connectivity index (χ0n) is 10.5. The molecule has 0 radical (unpaired) electrons. The van der Waals surface area contributed by atoms with Gasteiger partial charge in [0.05, 0.1) is 11.7 Å². The van der Waals surface area contributed by atoms with Crippen LogP contribution in [0.15, 0.2) is 55.0 Å². The molecule has 2 heterocycles. The third-order valence-electron chi connectivity index (χ3n) is 3.08. The van der Waals surface area contributed by atoms with Gasteiger partial charge in [-0.15, -0.1) is 0 Å². The van der Waals surface area contributed by atoms with Crippen LogP contribution in [0.5, 0.6) is 0 Å². The van der Waals surface area contributed by atoms with Crippen molar-refractivity contribution in [3.63, 3.8) is 0 Å². The average molecular weight is 283 g/mol. The zero-order chi connectivity index (χ0) is 13.9. The molecule has 0 N–H and O–H groups in total. The lowest BCUT2D eigenvalue weighted by molar-refractivity contribution is 0.536. The van der Waals surface area contributed by atoms with Gasteiger partial charge in [0, 0.05) is 29.1 Å². The fourth-order valence-corrected chi connectivity index (χ4v) is 2.61. The van der Waals surface area contributed by atoms with Crippen LogP contribution < -0.4 is 0 Å². The molecule has 1 aromatic carbocycles. The molecule has 0 saturated carbocycles. The van der Waals surface area contributed by atoms with Crippen molar-refractivity contribution in [3.8, 4) is 11.1 Å². The average Bonchev–Trinajstić information content (AvgIpc) is 2.47. The Hall–Kier alpha value is -2.11. The molecule has 0 bridgehead atoms. The maximum Gasteiger partial charge on any atom is 0.0891 e. The van der Waals surface area contributed by atoms with Crippen molar-refractivity contribution < 1.29 is 8.76 Å². The molecule has 2 aromatic heterocycles. The molecule has 1 atom stereocenters. The summed E-state index contributed by atoms with van der Waals surface area (Å²) >= 11 is -2.06. The van der Waals surface area contributed by atoms with Gasteiger partial charge in [0.15, 0.2) is 0 Å². The minimum Gasteiger partial charge on any atom is -0.772 e. The van der Waals surface area contributed by atoms with Gasteiger partial charge in [-0.25, -0.2) is 0 Å². The van der Waals surface area contributed by atoms with Crippen LogP contribution in [0.2, 0.25) is 0 Å². The van der Waals surface area contributed by atoms with Gasteiger partial charge in [-0.2, -0.15) is 0 Å². The topological polar surface area (TPSA) is 65.9 Å². The van der Waals surface area contributed by atoms with Gasteiger partial charge in [0.1, 0.15) is 0 Å². The van der Waals surface area contributed by atoms with Gasteiger partial charge >= 0.3 is 0 Å². The van der Waals surface area contributed by atoms with Crippen molar-refractivity contribution >= 4 is 22.0 Å². The van der Waals surface area contributed by atoms with Crippen LogP contribution >= 0.6 is 0 Å². The summed E-state index contributed by atoms with van der Waals surface area (Å²) in [5.41, 5.74) is 3.60. The molecule has 3 aromatic rings. The number of nitrogens with zero attached hydrogens (tertiary/aromatic N) is 2.